The summed E-state index contributed by atoms with van der Waals surface area (Å²) in [5.41, 5.74) is 5.43. The molecule has 0 spiro atoms. The lowest BCUT2D eigenvalue weighted by molar-refractivity contribution is -0.153. The van der Waals surface area contributed by atoms with Crippen LogP contribution in [0, 0.1) is 0 Å². The number of amides is 1. The first-order chi connectivity index (χ1) is 7.29. The van der Waals surface area contributed by atoms with Crippen molar-refractivity contribution in [3.63, 3.8) is 0 Å². The van der Waals surface area contributed by atoms with Crippen LogP contribution in [0.1, 0.15) is 32.6 Å². The third-order valence-corrected chi connectivity index (χ3v) is 2.72. The van der Waals surface area contributed by atoms with Gasteiger partial charge in [0, 0.05) is 13.1 Å². The monoisotopic (exact) mass is 214 g/mol. The van der Waals surface area contributed by atoms with Crippen molar-refractivity contribution in [2.75, 3.05) is 26.2 Å². The molecule has 1 aliphatic heterocycles. The summed E-state index contributed by atoms with van der Waals surface area (Å²) in [6.07, 6.45) is 3.59. The minimum atomic E-state index is -0.237. The van der Waals surface area contributed by atoms with Crippen LogP contribution in [0.15, 0.2) is 0 Å². The smallest absolute Gasteiger partial charge is 0.251 e. The fraction of sp³-hybridized carbons (Fsp3) is 0.909. The van der Waals surface area contributed by atoms with E-state index in [1.165, 1.54) is 0 Å². The second-order valence-corrected chi connectivity index (χ2v) is 3.97. The Labute approximate surface area is 91.8 Å². The van der Waals surface area contributed by atoms with Crippen molar-refractivity contribution in [2.24, 2.45) is 5.73 Å². The van der Waals surface area contributed by atoms with Crippen LogP contribution < -0.4 is 5.73 Å². The lowest BCUT2D eigenvalue weighted by Gasteiger charge is -2.32. The quantitative estimate of drug-likeness (QED) is 0.710. The lowest BCUT2D eigenvalue weighted by atomic mass is 10.1. The summed E-state index contributed by atoms with van der Waals surface area (Å²) in [5.74, 6) is 0.156. The van der Waals surface area contributed by atoms with E-state index in [9.17, 15) is 4.79 Å². The van der Waals surface area contributed by atoms with Gasteiger partial charge in [-0.05, 0) is 25.8 Å². The topological polar surface area (TPSA) is 55.6 Å². The Bertz CT molecular complexity index is 179. The first-order valence-electron chi connectivity index (χ1n) is 5.90. The van der Waals surface area contributed by atoms with E-state index in [2.05, 4.69) is 6.92 Å². The van der Waals surface area contributed by atoms with Gasteiger partial charge in [0.2, 0.25) is 0 Å². The zero-order valence-electron chi connectivity index (χ0n) is 9.58. The average molecular weight is 214 g/mol. The summed E-state index contributed by atoms with van der Waals surface area (Å²) in [6, 6.07) is 0. The number of nitrogens with two attached hydrogens (primary N) is 1. The van der Waals surface area contributed by atoms with Gasteiger partial charge in [-0.1, -0.05) is 13.3 Å². The Balaban J connectivity index is 2.36. The molecule has 1 heterocycles. The predicted octanol–water partition coefficient (Wildman–Crippen LogP) is 0.753. The third kappa shape index (κ3) is 3.80. The average Bonchev–Trinajstić information content (AvgIpc) is 2.26. The van der Waals surface area contributed by atoms with E-state index in [-0.39, 0.29) is 12.0 Å². The Morgan fingerprint density at radius 3 is 3.00 bits per heavy atom. The molecule has 1 fully saturated rings. The summed E-state index contributed by atoms with van der Waals surface area (Å²) >= 11 is 0. The van der Waals surface area contributed by atoms with Gasteiger partial charge in [0.1, 0.15) is 6.10 Å². The molecule has 4 heteroatoms. The van der Waals surface area contributed by atoms with Crippen molar-refractivity contribution in [1.82, 2.24) is 4.90 Å². The van der Waals surface area contributed by atoms with Gasteiger partial charge in [-0.3, -0.25) is 4.79 Å². The number of morpholine rings is 1. The fourth-order valence-electron chi connectivity index (χ4n) is 1.77. The number of hydrogen-bond donors (Lipinski definition) is 1. The number of unbranched alkanes of at least 4 members (excludes halogenated alkanes) is 1. The van der Waals surface area contributed by atoms with Crippen LogP contribution in [-0.4, -0.2) is 43.2 Å². The van der Waals surface area contributed by atoms with Crippen molar-refractivity contribution < 1.29 is 9.53 Å². The Morgan fingerprint density at radius 2 is 2.33 bits per heavy atom. The number of ether oxygens (including phenoxy) is 1. The molecule has 15 heavy (non-hydrogen) atoms. The standard InChI is InChI=1S/C11H22N2O2/c1-2-3-7-13-8-9-15-10(11(13)14)5-4-6-12/h10H,2-9,12H2,1H3. The van der Waals surface area contributed by atoms with E-state index in [4.69, 9.17) is 10.5 Å². The Hall–Kier alpha value is -0.610. The molecule has 0 aromatic carbocycles. The Kier molecular flexibility index (Phi) is 5.65. The molecule has 1 rings (SSSR count). The van der Waals surface area contributed by atoms with Crippen molar-refractivity contribution in [3.05, 3.63) is 0 Å². The zero-order valence-corrected chi connectivity index (χ0v) is 9.58. The first-order valence-corrected chi connectivity index (χ1v) is 5.90. The van der Waals surface area contributed by atoms with Gasteiger partial charge in [-0.15, -0.1) is 0 Å². The van der Waals surface area contributed by atoms with Crippen LogP contribution in [0.2, 0.25) is 0 Å². The molecule has 1 amide bonds. The van der Waals surface area contributed by atoms with Crippen LogP contribution in [0.3, 0.4) is 0 Å². The molecule has 0 aromatic heterocycles. The maximum Gasteiger partial charge on any atom is 0.251 e. The predicted molar refractivity (Wildman–Crippen MR) is 59.5 cm³/mol. The highest BCUT2D eigenvalue weighted by molar-refractivity contribution is 5.81. The second kappa shape index (κ2) is 6.80. The van der Waals surface area contributed by atoms with Crippen LogP contribution in [-0.2, 0) is 9.53 Å². The summed E-state index contributed by atoms with van der Waals surface area (Å²) in [7, 11) is 0. The molecular weight excluding hydrogens is 192 g/mol. The summed E-state index contributed by atoms with van der Waals surface area (Å²) < 4.78 is 5.46. The molecule has 0 radical (unpaired) electrons. The molecule has 0 aromatic rings. The molecule has 4 nitrogen and oxygen atoms in total. The highest BCUT2D eigenvalue weighted by atomic mass is 16.5. The van der Waals surface area contributed by atoms with Crippen molar-refractivity contribution in [2.45, 2.75) is 38.7 Å². The number of nitrogens with zero attached hydrogens (tertiary/aromatic N) is 1. The van der Waals surface area contributed by atoms with Gasteiger partial charge in [0.15, 0.2) is 0 Å². The molecule has 2 N–H and O–H groups in total. The molecule has 1 atom stereocenters. The minimum absolute atomic E-state index is 0.156. The SMILES string of the molecule is CCCCN1CCOC(CCCN)C1=O. The molecule has 0 saturated carbocycles. The normalized spacial score (nSPS) is 22.1. The molecule has 1 unspecified atom stereocenters. The van der Waals surface area contributed by atoms with E-state index in [0.29, 0.717) is 13.2 Å². The third-order valence-electron chi connectivity index (χ3n) is 2.72. The van der Waals surface area contributed by atoms with Crippen LogP contribution in [0.4, 0.5) is 0 Å². The van der Waals surface area contributed by atoms with Gasteiger partial charge >= 0.3 is 0 Å². The van der Waals surface area contributed by atoms with E-state index in [1.807, 2.05) is 4.90 Å². The molecule has 1 aliphatic rings. The molecular formula is C11H22N2O2. The van der Waals surface area contributed by atoms with E-state index >= 15 is 0 Å². The van der Waals surface area contributed by atoms with Crippen LogP contribution in [0.25, 0.3) is 0 Å². The van der Waals surface area contributed by atoms with Gasteiger partial charge < -0.3 is 15.4 Å². The van der Waals surface area contributed by atoms with E-state index in [1.54, 1.807) is 0 Å². The van der Waals surface area contributed by atoms with Crippen LogP contribution >= 0.6 is 0 Å². The van der Waals surface area contributed by atoms with Crippen molar-refractivity contribution in [3.8, 4) is 0 Å². The largest absolute Gasteiger partial charge is 0.367 e. The van der Waals surface area contributed by atoms with Gasteiger partial charge in [-0.2, -0.15) is 0 Å². The van der Waals surface area contributed by atoms with Crippen molar-refractivity contribution in [1.29, 1.82) is 0 Å². The van der Waals surface area contributed by atoms with Crippen molar-refractivity contribution >= 4 is 5.91 Å². The maximum atomic E-state index is 11.9. The second-order valence-electron chi connectivity index (χ2n) is 3.97. The molecule has 1 saturated heterocycles. The molecule has 0 aliphatic carbocycles. The highest BCUT2D eigenvalue weighted by Crippen LogP contribution is 2.12. The first kappa shape index (κ1) is 12.5. The number of carbonyl (C=O) groups is 1. The lowest BCUT2D eigenvalue weighted by Crippen LogP contribution is -2.48. The fourth-order valence-corrected chi connectivity index (χ4v) is 1.77. The van der Waals surface area contributed by atoms with Gasteiger partial charge in [-0.25, -0.2) is 0 Å². The number of rotatable bonds is 6. The summed E-state index contributed by atoms with van der Waals surface area (Å²) in [6.45, 7) is 5.05. The van der Waals surface area contributed by atoms with Gasteiger partial charge in [0.25, 0.3) is 5.91 Å². The van der Waals surface area contributed by atoms with Crippen LogP contribution in [0.5, 0.6) is 0 Å². The Morgan fingerprint density at radius 1 is 1.53 bits per heavy atom. The molecule has 0 bridgehead atoms. The molecule has 88 valence electrons. The van der Waals surface area contributed by atoms with E-state index < -0.39 is 0 Å². The van der Waals surface area contributed by atoms with E-state index in [0.717, 1.165) is 38.8 Å². The maximum absolute atomic E-state index is 11.9. The highest BCUT2D eigenvalue weighted by Gasteiger charge is 2.28. The zero-order chi connectivity index (χ0) is 11.1. The number of hydrogen-bond acceptors (Lipinski definition) is 3. The minimum Gasteiger partial charge on any atom is -0.367 e. The summed E-state index contributed by atoms with van der Waals surface area (Å²) in [4.78, 5) is 13.8. The van der Waals surface area contributed by atoms with Gasteiger partial charge in [0.05, 0.1) is 6.61 Å². The number of carbonyl (C=O) groups excluding carboxylic acids is 1. The summed E-state index contributed by atoms with van der Waals surface area (Å²) in [5, 5.41) is 0.